The molecule has 4 rings (SSSR count). The highest BCUT2D eigenvalue weighted by Crippen LogP contribution is 2.23. The minimum atomic E-state index is -0.832. The fourth-order valence-electron chi connectivity index (χ4n) is 3.17. The van der Waals surface area contributed by atoms with Crippen molar-refractivity contribution in [3.05, 3.63) is 64.7 Å². The van der Waals surface area contributed by atoms with E-state index in [0.29, 0.717) is 44.0 Å². The van der Waals surface area contributed by atoms with Crippen molar-refractivity contribution in [2.24, 2.45) is 0 Å². The summed E-state index contributed by atoms with van der Waals surface area (Å²) in [5, 5.41) is 9.02. The number of benzene rings is 1. The van der Waals surface area contributed by atoms with Crippen LogP contribution in [-0.4, -0.2) is 52.1 Å². The predicted molar refractivity (Wildman–Crippen MR) is 99.4 cm³/mol. The molecule has 1 N–H and O–H groups in total. The summed E-state index contributed by atoms with van der Waals surface area (Å²) < 4.78 is 27.2. The zero-order valence-electron chi connectivity index (χ0n) is 14.5. The van der Waals surface area contributed by atoms with E-state index in [4.69, 9.17) is 0 Å². The number of hydrogen-bond acceptors (Lipinski definition) is 4. The number of nitrogens with zero attached hydrogens (tertiary/aromatic N) is 3. The highest BCUT2D eigenvalue weighted by molar-refractivity contribution is 7.13. The summed E-state index contributed by atoms with van der Waals surface area (Å²) in [6, 6.07) is 9.90. The molecule has 0 spiro atoms. The van der Waals surface area contributed by atoms with Crippen LogP contribution in [0, 0.1) is 11.6 Å². The summed E-state index contributed by atoms with van der Waals surface area (Å²) >= 11 is 1.58. The van der Waals surface area contributed by atoms with Crippen LogP contribution in [0.3, 0.4) is 0 Å². The summed E-state index contributed by atoms with van der Waals surface area (Å²) in [6.45, 7) is 2.58. The topological polar surface area (TPSA) is 52.2 Å². The molecule has 0 radical (unpaired) electrons. The number of halogens is 2. The van der Waals surface area contributed by atoms with Gasteiger partial charge in [-0.2, -0.15) is 5.10 Å². The van der Waals surface area contributed by atoms with Crippen molar-refractivity contribution in [2.45, 2.75) is 6.54 Å². The van der Waals surface area contributed by atoms with Gasteiger partial charge in [-0.25, -0.2) is 8.78 Å². The standard InChI is InChI=1S/C19H18F2N4OS/c20-14-4-1-3-13(18(14)21)12-24-6-8-25(9-7-24)19(26)16-11-15(22-23-16)17-5-2-10-27-17/h1-5,10-11H,6-9,12H2,(H,22,23). The maximum Gasteiger partial charge on any atom is 0.274 e. The lowest BCUT2D eigenvalue weighted by atomic mass is 10.1. The SMILES string of the molecule is O=C(c1cc(-c2cccs2)[nH]n1)N1CCN(Cc2cccc(F)c2F)CC1. The summed E-state index contributed by atoms with van der Waals surface area (Å²) in [5.41, 5.74) is 1.55. The minimum Gasteiger partial charge on any atom is -0.335 e. The summed E-state index contributed by atoms with van der Waals surface area (Å²) in [5.74, 6) is -1.75. The second kappa shape index (κ2) is 7.58. The van der Waals surface area contributed by atoms with Gasteiger partial charge in [0.2, 0.25) is 0 Å². The Morgan fingerprint density at radius 1 is 1.15 bits per heavy atom. The molecule has 0 saturated carbocycles. The zero-order valence-corrected chi connectivity index (χ0v) is 15.3. The molecule has 0 unspecified atom stereocenters. The van der Waals surface area contributed by atoms with Gasteiger partial charge in [0, 0.05) is 38.3 Å². The lowest BCUT2D eigenvalue weighted by molar-refractivity contribution is 0.0621. The van der Waals surface area contributed by atoms with Gasteiger partial charge >= 0.3 is 0 Å². The molecule has 0 bridgehead atoms. The van der Waals surface area contributed by atoms with Crippen molar-refractivity contribution in [3.8, 4) is 10.6 Å². The van der Waals surface area contributed by atoms with Crippen LogP contribution in [-0.2, 0) is 6.54 Å². The molecular formula is C19H18F2N4OS. The van der Waals surface area contributed by atoms with Crippen LogP contribution in [0.2, 0.25) is 0 Å². The number of rotatable bonds is 4. The average molecular weight is 388 g/mol. The molecule has 8 heteroatoms. The number of piperazine rings is 1. The Hall–Kier alpha value is -2.58. The molecule has 1 saturated heterocycles. The van der Waals surface area contributed by atoms with Crippen molar-refractivity contribution < 1.29 is 13.6 Å². The lowest BCUT2D eigenvalue weighted by Gasteiger charge is -2.34. The minimum absolute atomic E-state index is 0.120. The monoisotopic (exact) mass is 388 g/mol. The van der Waals surface area contributed by atoms with E-state index in [1.165, 1.54) is 6.07 Å². The van der Waals surface area contributed by atoms with Crippen molar-refractivity contribution in [3.63, 3.8) is 0 Å². The van der Waals surface area contributed by atoms with Crippen molar-refractivity contribution in [1.82, 2.24) is 20.0 Å². The third-order valence-corrected chi connectivity index (χ3v) is 5.57. The molecule has 1 aliphatic heterocycles. The molecule has 2 aromatic heterocycles. The van der Waals surface area contributed by atoms with E-state index in [1.807, 2.05) is 22.4 Å². The maximum absolute atomic E-state index is 13.8. The van der Waals surface area contributed by atoms with Crippen LogP contribution < -0.4 is 0 Å². The van der Waals surface area contributed by atoms with Gasteiger partial charge in [-0.05, 0) is 23.6 Å². The molecule has 140 valence electrons. The molecular weight excluding hydrogens is 370 g/mol. The average Bonchev–Trinajstić information content (AvgIpc) is 3.37. The molecule has 0 aliphatic carbocycles. The van der Waals surface area contributed by atoms with E-state index < -0.39 is 11.6 Å². The quantitative estimate of drug-likeness (QED) is 0.746. The number of H-pyrrole nitrogens is 1. The molecule has 27 heavy (non-hydrogen) atoms. The van der Waals surface area contributed by atoms with Crippen LogP contribution >= 0.6 is 11.3 Å². The highest BCUT2D eigenvalue weighted by Gasteiger charge is 2.24. The van der Waals surface area contributed by atoms with Gasteiger partial charge in [0.15, 0.2) is 17.3 Å². The summed E-state index contributed by atoms with van der Waals surface area (Å²) in [4.78, 5) is 17.5. The third kappa shape index (κ3) is 3.77. The van der Waals surface area contributed by atoms with E-state index in [-0.39, 0.29) is 5.91 Å². The van der Waals surface area contributed by atoms with E-state index in [1.54, 1.807) is 28.4 Å². The Labute approximate surface area is 159 Å². The fourth-order valence-corrected chi connectivity index (χ4v) is 3.86. The molecule has 1 fully saturated rings. The molecule has 5 nitrogen and oxygen atoms in total. The first-order chi connectivity index (χ1) is 13.1. The molecule has 1 aromatic carbocycles. The molecule has 1 amide bonds. The Balaban J connectivity index is 1.36. The van der Waals surface area contributed by atoms with Crippen LogP contribution in [0.1, 0.15) is 16.1 Å². The Bertz CT molecular complexity index is 933. The number of amides is 1. The first-order valence-corrected chi connectivity index (χ1v) is 9.53. The highest BCUT2D eigenvalue weighted by atomic mass is 32.1. The van der Waals surface area contributed by atoms with Gasteiger partial charge in [0.05, 0.1) is 10.6 Å². The maximum atomic E-state index is 13.8. The van der Waals surface area contributed by atoms with Gasteiger partial charge < -0.3 is 4.90 Å². The van der Waals surface area contributed by atoms with Gasteiger partial charge in [-0.15, -0.1) is 11.3 Å². The van der Waals surface area contributed by atoms with E-state index >= 15 is 0 Å². The van der Waals surface area contributed by atoms with Gasteiger partial charge in [0.25, 0.3) is 5.91 Å². The van der Waals surface area contributed by atoms with Crippen LogP contribution in [0.15, 0.2) is 41.8 Å². The number of aromatic amines is 1. The van der Waals surface area contributed by atoms with Gasteiger partial charge in [-0.3, -0.25) is 14.8 Å². The van der Waals surface area contributed by atoms with Gasteiger partial charge in [-0.1, -0.05) is 18.2 Å². The number of nitrogens with one attached hydrogen (secondary N) is 1. The Morgan fingerprint density at radius 2 is 1.96 bits per heavy atom. The van der Waals surface area contributed by atoms with Crippen molar-refractivity contribution in [1.29, 1.82) is 0 Å². The fraction of sp³-hybridized carbons (Fsp3) is 0.263. The van der Waals surface area contributed by atoms with Crippen molar-refractivity contribution in [2.75, 3.05) is 26.2 Å². The lowest BCUT2D eigenvalue weighted by Crippen LogP contribution is -2.48. The van der Waals surface area contributed by atoms with E-state index in [9.17, 15) is 13.6 Å². The number of carbonyl (C=O) groups excluding carboxylic acids is 1. The van der Waals surface area contributed by atoms with Crippen LogP contribution in [0.4, 0.5) is 8.78 Å². The number of aromatic nitrogens is 2. The first kappa shape index (κ1) is 17.8. The van der Waals surface area contributed by atoms with Gasteiger partial charge in [0.1, 0.15) is 0 Å². The normalized spacial score (nSPS) is 15.3. The molecule has 1 aliphatic rings. The summed E-state index contributed by atoms with van der Waals surface area (Å²) in [6.07, 6.45) is 0. The van der Waals surface area contributed by atoms with Crippen LogP contribution in [0.25, 0.3) is 10.6 Å². The smallest absolute Gasteiger partial charge is 0.274 e. The third-order valence-electron chi connectivity index (χ3n) is 4.67. The largest absolute Gasteiger partial charge is 0.335 e. The van der Waals surface area contributed by atoms with Crippen molar-refractivity contribution >= 4 is 17.2 Å². The molecule has 0 atom stereocenters. The second-order valence-electron chi connectivity index (χ2n) is 6.43. The number of carbonyl (C=O) groups is 1. The summed E-state index contributed by atoms with van der Waals surface area (Å²) in [7, 11) is 0. The Morgan fingerprint density at radius 3 is 2.70 bits per heavy atom. The number of hydrogen-bond donors (Lipinski definition) is 1. The molecule has 3 aromatic rings. The Kier molecular flexibility index (Phi) is 5.00. The number of thiophene rings is 1. The second-order valence-corrected chi connectivity index (χ2v) is 7.37. The van der Waals surface area contributed by atoms with E-state index in [2.05, 4.69) is 10.2 Å². The molecule has 3 heterocycles. The van der Waals surface area contributed by atoms with E-state index in [0.717, 1.165) is 16.6 Å². The zero-order chi connectivity index (χ0) is 18.8. The first-order valence-electron chi connectivity index (χ1n) is 8.65. The van der Waals surface area contributed by atoms with Crippen LogP contribution in [0.5, 0.6) is 0 Å². The predicted octanol–water partition coefficient (Wildman–Crippen LogP) is 3.37.